The Hall–Kier alpha value is -2.14. The van der Waals surface area contributed by atoms with E-state index >= 15 is 0 Å². The van der Waals surface area contributed by atoms with Crippen LogP contribution in [0.25, 0.3) is 0 Å². The zero-order chi connectivity index (χ0) is 14.4. The molecule has 0 saturated carbocycles. The van der Waals surface area contributed by atoms with Gasteiger partial charge >= 0.3 is 0 Å². The molecule has 0 fully saturated rings. The Morgan fingerprint density at radius 1 is 1.35 bits per heavy atom. The van der Waals surface area contributed by atoms with E-state index in [1.807, 2.05) is 43.4 Å². The van der Waals surface area contributed by atoms with Gasteiger partial charge in [0, 0.05) is 13.2 Å². The highest BCUT2D eigenvalue weighted by atomic mass is 16.5. The molecule has 0 aliphatic carbocycles. The Labute approximate surface area is 118 Å². The summed E-state index contributed by atoms with van der Waals surface area (Å²) in [7, 11) is 1.84. The molecule has 1 aromatic carbocycles. The van der Waals surface area contributed by atoms with E-state index in [0.29, 0.717) is 13.2 Å². The van der Waals surface area contributed by atoms with Crippen LogP contribution in [0.15, 0.2) is 42.6 Å². The van der Waals surface area contributed by atoms with Crippen LogP contribution in [0.5, 0.6) is 0 Å². The Kier molecular flexibility index (Phi) is 4.90. The lowest BCUT2D eigenvalue weighted by atomic mass is 10.2. The van der Waals surface area contributed by atoms with Crippen molar-refractivity contribution in [1.82, 2.24) is 15.1 Å². The summed E-state index contributed by atoms with van der Waals surface area (Å²) in [6, 6.07) is 11.7. The molecule has 2 rings (SSSR count). The van der Waals surface area contributed by atoms with Gasteiger partial charge in [-0.2, -0.15) is 5.10 Å². The molecule has 1 heterocycles. The van der Waals surface area contributed by atoms with Crippen LogP contribution in [0.3, 0.4) is 0 Å². The maximum atomic E-state index is 11.9. The minimum atomic E-state index is -0.483. The quantitative estimate of drug-likeness (QED) is 0.870. The summed E-state index contributed by atoms with van der Waals surface area (Å²) in [5.74, 6) is -0.123. The second-order valence-electron chi connectivity index (χ2n) is 4.60. The third-order valence-electron chi connectivity index (χ3n) is 3.08. The van der Waals surface area contributed by atoms with Crippen molar-refractivity contribution in [3.05, 3.63) is 53.9 Å². The van der Waals surface area contributed by atoms with Crippen LogP contribution in [0.4, 0.5) is 0 Å². The van der Waals surface area contributed by atoms with E-state index in [2.05, 4.69) is 10.4 Å². The number of ether oxygens (including phenoxy) is 1. The molecule has 5 nitrogen and oxygen atoms in total. The molecule has 0 bridgehead atoms. The standard InChI is InChI=1S/C15H19N3O2/c1-12(20-11-13-6-4-3-5-7-13)15(19)16-10-14-8-9-17-18(14)2/h3-9,12H,10-11H2,1-2H3,(H,16,19). The molecule has 0 spiro atoms. The fourth-order valence-corrected chi connectivity index (χ4v) is 1.77. The minimum Gasteiger partial charge on any atom is -0.364 e. The molecule has 5 heteroatoms. The summed E-state index contributed by atoms with van der Waals surface area (Å²) in [6.45, 7) is 2.64. The van der Waals surface area contributed by atoms with E-state index in [4.69, 9.17) is 4.74 Å². The molecule has 1 N–H and O–H groups in total. The third-order valence-corrected chi connectivity index (χ3v) is 3.08. The number of amides is 1. The van der Waals surface area contributed by atoms with Gasteiger partial charge in [-0.05, 0) is 18.6 Å². The Morgan fingerprint density at radius 3 is 2.75 bits per heavy atom. The van der Waals surface area contributed by atoms with Gasteiger partial charge in [0.1, 0.15) is 6.10 Å². The Balaban J connectivity index is 1.76. The summed E-state index contributed by atoms with van der Waals surface area (Å²) in [5, 5.41) is 6.89. The predicted octanol–water partition coefficient (Wildman–Crippen LogP) is 1.64. The molecule has 20 heavy (non-hydrogen) atoms. The van der Waals surface area contributed by atoms with Crippen LogP contribution in [-0.4, -0.2) is 21.8 Å². The molecule has 2 aromatic rings. The normalized spacial score (nSPS) is 12.1. The zero-order valence-corrected chi connectivity index (χ0v) is 11.7. The van der Waals surface area contributed by atoms with Gasteiger partial charge < -0.3 is 10.1 Å². The number of benzene rings is 1. The number of nitrogens with zero attached hydrogens (tertiary/aromatic N) is 2. The number of carbonyl (C=O) groups excluding carboxylic acids is 1. The van der Waals surface area contributed by atoms with E-state index in [9.17, 15) is 4.79 Å². The highest BCUT2D eigenvalue weighted by Gasteiger charge is 2.13. The van der Waals surface area contributed by atoms with Gasteiger partial charge in [0.2, 0.25) is 5.91 Å². The van der Waals surface area contributed by atoms with Gasteiger partial charge in [0.15, 0.2) is 0 Å². The first-order chi connectivity index (χ1) is 9.66. The Bertz CT molecular complexity index is 551. The number of rotatable bonds is 6. The molecular weight excluding hydrogens is 254 g/mol. The smallest absolute Gasteiger partial charge is 0.249 e. The third kappa shape index (κ3) is 3.93. The number of hydrogen-bond donors (Lipinski definition) is 1. The van der Waals surface area contributed by atoms with Crippen molar-refractivity contribution in [3.63, 3.8) is 0 Å². The van der Waals surface area contributed by atoms with Crippen molar-refractivity contribution in [2.75, 3.05) is 0 Å². The van der Waals surface area contributed by atoms with Gasteiger partial charge in [-0.3, -0.25) is 9.48 Å². The lowest BCUT2D eigenvalue weighted by molar-refractivity contribution is -0.132. The van der Waals surface area contributed by atoms with Crippen LogP contribution in [0, 0.1) is 0 Å². The van der Waals surface area contributed by atoms with E-state index < -0.39 is 6.10 Å². The van der Waals surface area contributed by atoms with E-state index in [-0.39, 0.29) is 5.91 Å². The monoisotopic (exact) mass is 273 g/mol. The van der Waals surface area contributed by atoms with Crippen LogP contribution in [0.1, 0.15) is 18.2 Å². The highest BCUT2D eigenvalue weighted by molar-refractivity contribution is 5.80. The van der Waals surface area contributed by atoms with Gasteiger partial charge in [-0.1, -0.05) is 30.3 Å². The van der Waals surface area contributed by atoms with Gasteiger partial charge in [-0.15, -0.1) is 0 Å². The van der Waals surface area contributed by atoms with Crippen LogP contribution < -0.4 is 5.32 Å². The SMILES string of the molecule is CC(OCc1ccccc1)C(=O)NCc1ccnn1C. The molecule has 1 atom stereocenters. The Morgan fingerprint density at radius 2 is 2.10 bits per heavy atom. The summed E-state index contributed by atoms with van der Waals surface area (Å²) in [4.78, 5) is 11.9. The fourth-order valence-electron chi connectivity index (χ4n) is 1.77. The average molecular weight is 273 g/mol. The summed E-state index contributed by atoms with van der Waals surface area (Å²) in [5.41, 5.74) is 2.01. The second kappa shape index (κ2) is 6.86. The predicted molar refractivity (Wildman–Crippen MR) is 75.7 cm³/mol. The van der Waals surface area contributed by atoms with Gasteiger partial charge in [0.25, 0.3) is 0 Å². The van der Waals surface area contributed by atoms with Crippen LogP contribution in [-0.2, 0) is 29.7 Å². The number of hydrogen-bond acceptors (Lipinski definition) is 3. The minimum absolute atomic E-state index is 0.123. The van der Waals surface area contributed by atoms with Crippen molar-refractivity contribution < 1.29 is 9.53 Å². The molecule has 1 aromatic heterocycles. The number of aryl methyl sites for hydroxylation is 1. The molecule has 0 aliphatic rings. The first-order valence-electron chi connectivity index (χ1n) is 6.57. The van der Waals surface area contributed by atoms with Gasteiger partial charge in [0.05, 0.1) is 18.8 Å². The summed E-state index contributed by atoms with van der Waals surface area (Å²) < 4.78 is 7.29. The van der Waals surface area contributed by atoms with Crippen LogP contribution in [0.2, 0.25) is 0 Å². The number of aromatic nitrogens is 2. The van der Waals surface area contributed by atoms with Crippen molar-refractivity contribution in [3.8, 4) is 0 Å². The molecule has 0 saturated heterocycles. The summed E-state index contributed by atoms with van der Waals surface area (Å²) >= 11 is 0. The largest absolute Gasteiger partial charge is 0.364 e. The maximum Gasteiger partial charge on any atom is 0.249 e. The molecular formula is C15H19N3O2. The van der Waals surface area contributed by atoms with E-state index in [0.717, 1.165) is 11.3 Å². The second-order valence-corrected chi connectivity index (χ2v) is 4.60. The average Bonchev–Trinajstić information content (AvgIpc) is 2.88. The van der Waals surface area contributed by atoms with Crippen molar-refractivity contribution in [2.24, 2.45) is 7.05 Å². The van der Waals surface area contributed by atoms with E-state index in [1.54, 1.807) is 17.8 Å². The fraction of sp³-hybridized carbons (Fsp3) is 0.333. The highest BCUT2D eigenvalue weighted by Crippen LogP contribution is 2.04. The molecule has 1 amide bonds. The lowest BCUT2D eigenvalue weighted by Gasteiger charge is -2.13. The van der Waals surface area contributed by atoms with E-state index in [1.165, 1.54) is 0 Å². The van der Waals surface area contributed by atoms with Crippen molar-refractivity contribution >= 4 is 5.91 Å². The summed E-state index contributed by atoms with van der Waals surface area (Å²) in [6.07, 6.45) is 1.22. The number of nitrogens with one attached hydrogen (secondary N) is 1. The van der Waals surface area contributed by atoms with Crippen molar-refractivity contribution in [1.29, 1.82) is 0 Å². The van der Waals surface area contributed by atoms with Gasteiger partial charge in [-0.25, -0.2) is 0 Å². The first kappa shape index (κ1) is 14.3. The lowest BCUT2D eigenvalue weighted by Crippen LogP contribution is -2.34. The molecule has 1 unspecified atom stereocenters. The topological polar surface area (TPSA) is 56.1 Å². The molecule has 106 valence electrons. The number of carbonyl (C=O) groups is 1. The molecule has 0 aliphatic heterocycles. The van der Waals surface area contributed by atoms with Crippen molar-refractivity contribution in [2.45, 2.75) is 26.2 Å². The van der Waals surface area contributed by atoms with Crippen LogP contribution >= 0.6 is 0 Å². The molecule has 0 radical (unpaired) electrons. The zero-order valence-electron chi connectivity index (χ0n) is 11.7. The maximum absolute atomic E-state index is 11.9. The first-order valence-corrected chi connectivity index (χ1v) is 6.57.